The van der Waals surface area contributed by atoms with E-state index in [2.05, 4.69) is 6.92 Å². The molecule has 4 rings (SSSR count). The maximum absolute atomic E-state index is 14.0. The van der Waals surface area contributed by atoms with Crippen molar-refractivity contribution in [2.75, 3.05) is 0 Å². The Kier molecular flexibility index (Phi) is 5.99. The van der Waals surface area contributed by atoms with Crippen molar-refractivity contribution in [2.45, 2.75) is 77.0 Å². The van der Waals surface area contributed by atoms with Gasteiger partial charge in [-0.2, -0.15) is 0 Å². The Hall–Kier alpha value is -1.51. The zero-order chi connectivity index (χ0) is 19.7. The predicted octanol–water partition coefficient (Wildman–Crippen LogP) is 8.14. The number of benzene rings is 2. The molecule has 0 aliphatic heterocycles. The van der Waals surface area contributed by atoms with Crippen LogP contribution in [0.15, 0.2) is 24.3 Å². The van der Waals surface area contributed by atoms with Crippen molar-refractivity contribution in [2.24, 2.45) is 17.8 Å². The summed E-state index contributed by atoms with van der Waals surface area (Å²) < 4.78 is 41.1. The molecule has 0 saturated heterocycles. The first-order chi connectivity index (χ1) is 13.6. The number of rotatable bonds is 5. The molecule has 2 unspecified atom stereocenters. The summed E-state index contributed by atoms with van der Waals surface area (Å²) in [5, 5.41) is 0.638. The summed E-state index contributed by atoms with van der Waals surface area (Å²) in [5.41, 5.74) is 1.15. The van der Waals surface area contributed by atoms with Crippen molar-refractivity contribution in [1.29, 1.82) is 0 Å². The summed E-state index contributed by atoms with van der Waals surface area (Å²) in [7, 11) is 0. The standard InChI is InChI=1S/C25H31F3/c1-2-3-4-5-16-6-7-18-13-19(9-8-17(18)12-16)20-10-11-22-21(14-20)15-23(26)25(28)24(22)27/h10-11,14-19H,2-9,12-13H2,1H3/t16-,17?,18-,19?/m1/s1. The molecular weight excluding hydrogens is 357 g/mol. The maximum Gasteiger partial charge on any atom is 0.195 e. The fourth-order valence-corrected chi connectivity index (χ4v) is 5.81. The van der Waals surface area contributed by atoms with Crippen molar-refractivity contribution in [3.05, 3.63) is 47.3 Å². The van der Waals surface area contributed by atoms with Gasteiger partial charge in [0, 0.05) is 5.39 Å². The molecule has 2 fully saturated rings. The van der Waals surface area contributed by atoms with Crippen LogP contribution in [0.4, 0.5) is 13.2 Å². The molecule has 0 radical (unpaired) electrons. The van der Waals surface area contributed by atoms with E-state index < -0.39 is 17.5 Å². The first kappa shape index (κ1) is 19.8. The van der Waals surface area contributed by atoms with Gasteiger partial charge in [0.1, 0.15) is 0 Å². The Labute approximate surface area is 166 Å². The number of fused-ring (bicyclic) bond motifs is 2. The van der Waals surface area contributed by atoms with E-state index in [1.54, 1.807) is 6.07 Å². The lowest BCUT2D eigenvalue weighted by Gasteiger charge is -2.42. The monoisotopic (exact) mass is 388 g/mol. The van der Waals surface area contributed by atoms with Gasteiger partial charge < -0.3 is 0 Å². The summed E-state index contributed by atoms with van der Waals surface area (Å²) in [4.78, 5) is 0. The Morgan fingerprint density at radius 2 is 1.64 bits per heavy atom. The van der Waals surface area contributed by atoms with Crippen molar-refractivity contribution >= 4 is 10.8 Å². The molecule has 152 valence electrons. The molecule has 4 atom stereocenters. The van der Waals surface area contributed by atoms with E-state index in [4.69, 9.17) is 0 Å². The molecule has 0 heterocycles. The van der Waals surface area contributed by atoms with Gasteiger partial charge in [0.15, 0.2) is 17.5 Å². The van der Waals surface area contributed by atoms with Crippen molar-refractivity contribution in [3.8, 4) is 0 Å². The maximum atomic E-state index is 14.0. The van der Waals surface area contributed by atoms with E-state index in [0.29, 0.717) is 11.3 Å². The summed E-state index contributed by atoms with van der Waals surface area (Å²) >= 11 is 0. The van der Waals surface area contributed by atoms with E-state index in [1.807, 2.05) is 12.1 Å². The average Bonchev–Trinajstić information content (AvgIpc) is 2.71. The fourth-order valence-electron chi connectivity index (χ4n) is 5.81. The van der Waals surface area contributed by atoms with Gasteiger partial charge in [0.05, 0.1) is 0 Å². The number of hydrogen-bond donors (Lipinski definition) is 0. The van der Waals surface area contributed by atoms with Gasteiger partial charge in [-0.25, -0.2) is 13.2 Å². The summed E-state index contributed by atoms with van der Waals surface area (Å²) in [6.45, 7) is 2.27. The van der Waals surface area contributed by atoms with Gasteiger partial charge in [-0.1, -0.05) is 57.2 Å². The van der Waals surface area contributed by atoms with Crippen LogP contribution in [0.2, 0.25) is 0 Å². The minimum absolute atomic E-state index is 0.170. The average molecular weight is 389 g/mol. The molecule has 0 N–H and O–H groups in total. The Bertz CT molecular complexity index is 828. The molecule has 0 amide bonds. The summed E-state index contributed by atoms with van der Waals surface area (Å²) in [6.07, 6.45) is 13.1. The van der Waals surface area contributed by atoms with Crippen molar-refractivity contribution in [1.82, 2.24) is 0 Å². The fraction of sp³-hybridized carbons (Fsp3) is 0.600. The van der Waals surface area contributed by atoms with Crippen LogP contribution in [0.5, 0.6) is 0 Å². The highest BCUT2D eigenvalue weighted by molar-refractivity contribution is 5.84. The van der Waals surface area contributed by atoms with Crippen LogP contribution in [0.3, 0.4) is 0 Å². The molecule has 0 bridgehead atoms. The number of unbranched alkanes of at least 4 members (excludes halogenated alkanes) is 2. The Morgan fingerprint density at radius 1 is 0.857 bits per heavy atom. The minimum atomic E-state index is -1.38. The Morgan fingerprint density at radius 3 is 2.46 bits per heavy atom. The highest BCUT2D eigenvalue weighted by atomic mass is 19.2. The third-order valence-corrected chi connectivity index (χ3v) is 7.41. The van der Waals surface area contributed by atoms with Crippen molar-refractivity contribution in [3.63, 3.8) is 0 Å². The van der Waals surface area contributed by atoms with E-state index in [9.17, 15) is 13.2 Å². The second-order valence-corrected chi connectivity index (χ2v) is 9.17. The molecule has 2 aromatic carbocycles. The van der Waals surface area contributed by atoms with Crippen LogP contribution < -0.4 is 0 Å². The molecule has 3 heteroatoms. The van der Waals surface area contributed by atoms with E-state index in [1.165, 1.54) is 57.8 Å². The van der Waals surface area contributed by atoms with Gasteiger partial charge in [0.2, 0.25) is 0 Å². The number of hydrogen-bond acceptors (Lipinski definition) is 0. The van der Waals surface area contributed by atoms with E-state index in [0.717, 1.165) is 35.8 Å². The number of halogens is 3. The molecule has 0 nitrogen and oxygen atoms in total. The molecule has 2 aromatic rings. The molecule has 2 aliphatic carbocycles. The summed E-state index contributed by atoms with van der Waals surface area (Å²) in [6, 6.07) is 6.55. The third kappa shape index (κ3) is 3.95. The van der Waals surface area contributed by atoms with E-state index >= 15 is 0 Å². The van der Waals surface area contributed by atoms with Crippen LogP contribution in [-0.2, 0) is 0 Å². The normalized spacial score (nSPS) is 27.7. The molecule has 0 aromatic heterocycles. The molecule has 2 saturated carbocycles. The van der Waals surface area contributed by atoms with Gasteiger partial charge in [-0.15, -0.1) is 0 Å². The van der Waals surface area contributed by atoms with Gasteiger partial charge in [-0.3, -0.25) is 0 Å². The van der Waals surface area contributed by atoms with Crippen LogP contribution in [0, 0.1) is 35.2 Å². The first-order valence-corrected chi connectivity index (χ1v) is 11.1. The molecule has 0 spiro atoms. The highest BCUT2D eigenvalue weighted by Gasteiger charge is 2.35. The quantitative estimate of drug-likeness (QED) is 0.358. The van der Waals surface area contributed by atoms with Gasteiger partial charge >= 0.3 is 0 Å². The topological polar surface area (TPSA) is 0 Å². The van der Waals surface area contributed by atoms with Gasteiger partial charge in [0.25, 0.3) is 0 Å². The van der Waals surface area contributed by atoms with Crippen molar-refractivity contribution < 1.29 is 13.2 Å². The molecule has 28 heavy (non-hydrogen) atoms. The molecular formula is C25H31F3. The lowest BCUT2D eigenvalue weighted by molar-refractivity contribution is 0.113. The second kappa shape index (κ2) is 8.47. The SMILES string of the molecule is CCCCC[C@@H]1CC[C@@H]2CC(c3ccc4c(F)c(F)c(F)cc4c3)CCC2C1. The lowest BCUT2D eigenvalue weighted by Crippen LogP contribution is -2.30. The molecule has 2 aliphatic rings. The van der Waals surface area contributed by atoms with Gasteiger partial charge in [-0.05, 0) is 72.8 Å². The predicted molar refractivity (Wildman–Crippen MR) is 109 cm³/mol. The lowest BCUT2D eigenvalue weighted by atomic mass is 9.63. The highest BCUT2D eigenvalue weighted by Crippen LogP contribution is 2.48. The smallest absolute Gasteiger partial charge is 0.195 e. The van der Waals surface area contributed by atoms with E-state index in [-0.39, 0.29) is 5.39 Å². The minimum Gasteiger partial charge on any atom is -0.204 e. The van der Waals surface area contributed by atoms with Crippen LogP contribution in [0.25, 0.3) is 10.8 Å². The first-order valence-electron chi connectivity index (χ1n) is 11.1. The largest absolute Gasteiger partial charge is 0.204 e. The second-order valence-electron chi connectivity index (χ2n) is 9.17. The summed E-state index contributed by atoms with van der Waals surface area (Å²) in [5.74, 6) is -0.528. The zero-order valence-corrected chi connectivity index (χ0v) is 16.8. The Balaban J connectivity index is 1.44. The third-order valence-electron chi connectivity index (χ3n) is 7.41. The van der Waals surface area contributed by atoms with Crippen LogP contribution >= 0.6 is 0 Å². The van der Waals surface area contributed by atoms with Crippen LogP contribution in [-0.4, -0.2) is 0 Å². The van der Waals surface area contributed by atoms with Crippen LogP contribution in [0.1, 0.15) is 82.6 Å². The zero-order valence-electron chi connectivity index (χ0n) is 16.8.